The molecule has 8 heteroatoms. The lowest BCUT2D eigenvalue weighted by atomic mass is 9.99. The minimum absolute atomic E-state index is 0.0254. The fraction of sp³-hybridized carbons (Fsp3) is 0.235. The molecule has 1 aliphatic rings. The van der Waals surface area contributed by atoms with Crippen LogP contribution in [0.4, 0.5) is 0 Å². The molecule has 2 aromatic carbocycles. The second-order valence-corrected chi connectivity index (χ2v) is 8.94. The van der Waals surface area contributed by atoms with E-state index in [1.54, 1.807) is 24.3 Å². The van der Waals surface area contributed by atoms with Gasteiger partial charge in [0.1, 0.15) is 5.41 Å². The number of carboxylic acid groups (broad SMARTS) is 1. The SMILES string of the molecule is NC[C@@]1(C(=O)O)[C@H](c2ccc(Cl)cc2)[C@@H]1S(=O)(=O)c1ccc(Cl)cc1. The highest BCUT2D eigenvalue weighted by Crippen LogP contribution is 2.63. The zero-order valence-electron chi connectivity index (χ0n) is 12.9. The molecule has 5 nitrogen and oxygen atoms in total. The van der Waals surface area contributed by atoms with Crippen LogP contribution in [0.15, 0.2) is 53.4 Å². The van der Waals surface area contributed by atoms with Crippen molar-refractivity contribution >= 4 is 39.0 Å². The highest BCUT2D eigenvalue weighted by molar-refractivity contribution is 7.92. The molecular formula is C17H15Cl2NO4S. The van der Waals surface area contributed by atoms with Gasteiger partial charge in [-0.25, -0.2) is 8.42 Å². The average Bonchev–Trinajstić information content (AvgIpc) is 3.27. The molecule has 3 atom stereocenters. The zero-order chi connectivity index (χ0) is 18.4. The van der Waals surface area contributed by atoms with Gasteiger partial charge in [-0.1, -0.05) is 35.3 Å². The predicted octanol–water partition coefficient (Wildman–Crippen LogP) is 2.96. The van der Waals surface area contributed by atoms with E-state index < -0.39 is 32.4 Å². The van der Waals surface area contributed by atoms with Gasteiger partial charge in [-0.2, -0.15) is 0 Å². The molecule has 0 bridgehead atoms. The standard InChI is InChI=1S/C17H15Cl2NO4S/c18-11-3-1-10(2-4-11)14-15(17(14,9-20)16(21)22)25(23,24)13-7-5-12(19)6-8-13/h1-8,14-15H,9,20H2,(H,21,22)/t14-,15+,17-/m1/s1. The number of halogens is 2. The summed E-state index contributed by atoms with van der Waals surface area (Å²) in [7, 11) is -3.91. The van der Waals surface area contributed by atoms with Crippen molar-refractivity contribution in [3.63, 3.8) is 0 Å². The van der Waals surface area contributed by atoms with E-state index >= 15 is 0 Å². The maximum Gasteiger partial charge on any atom is 0.312 e. The van der Waals surface area contributed by atoms with Crippen molar-refractivity contribution in [2.24, 2.45) is 11.1 Å². The molecule has 0 unspecified atom stereocenters. The first-order chi connectivity index (χ1) is 11.7. The molecule has 0 heterocycles. The zero-order valence-corrected chi connectivity index (χ0v) is 15.2. The number of benzene rings is 2. The summed E-state index contributed by atoms with van der Waals surface area (Å²) in [4.78, 5) is 11.9. The van der Waals surface area contributed by atoms with Crippen LogP contribution in [0.25, 0.3) is 0 Å². The van der Waals surface area contributed by atoms with Crippen molar-refractivity contribution in [2.45, 2.75) is 16.1 Å². The van der Waals surface area contributed by atoms with E-state index in [0.717, 1.165) is 0 Å². The summed E-state index contributed by atoms with van der Waals surface area (Å²) in [5.41, 5.74) is 4.74. The molecule has 0 saturated heterocycles. The largest absolute Gasteiger partial charge is 0.481 e. The van der Waals surface area contributed by atoms with Gasteiger partial charge in [-0.15, -0.1) is 0 Å². The minimum Gasteiger partial charge on any atom is -0.481 e. The molecule has 1 aliphatic carbocycles. The Morgan fingerprint density at radius 3 is 1.96 bits per heavy atom. The molecule has 0 amide bonds. The van der Waals surface area contributed by atoms with E-state index in [4.69, 9.17) is 28.9 Å². The molecule has 2 aromatic rings. The Morgan fingerprint density at radius 1 is 1.04 bits per heavy atom. The van der Waals surface area contributed by atoms with Crippen LogP contribution >= 0.6 is 23.2 Å². The van der Waals surface area contributed by atoms with Crippen molar-refractivity contribution in [1.29, 1.82) is 0 Å². The summed E-state index contributed by atoms with van der Waals surface area (Å²) in [5.74, 6) is -1.97. The van der Waals surface area contributed by atoms with E-state index in [1.165, 1.54) is 24.3 Å². The Kier molecular flexibility index (Phi) is 4.58. The molecular weight excluding hydrogens is 385 g/mol. The van der Waals surface area contributed by atoms with Gasteiger partial charge in [0.25, 0.3) is 0 Å². The van der Waals surface area contributed by atoms with Gasteiger partial charge in [0.05, 0.1) is 10.1 Å². The number of aliphatic carboxylic acids is 1. The molecule has 0 spiro atoms. The third kappa shape index (κ3) is 2.83. The number of rotatable bonds is 5. The molecule has 1 fully saturated rings. The maximum absolute atomic E-state index is 13.0. The topological polar surface area (TPSA) is 97.5 Å². The lowest BCUT2D eigenvalue weighted by Gasteiger charge is -2.10. The normalized spacial score (nSPS) is 25.6. The molecule has 3 N–H and O–H groups in total. The molecule has 0 aliphatic heterocycles. The van der Waals surface area contributed by atoms with E-state index in [2.05, 4.69) is 0 Å². The Bertz CT molecular complexity index is 913. The van der Waals surface area contributed by atoms with Gasteiger partial charge in [-0.05, 0) is 42.0 Å². The summed E-state index contributed by atoms with van der Waals surface area (Å²) in [6, 6.07) is 12.1. The first-order valence-corrected chi connectivity index (χ1v) is 9.73. The monoisotopic (exact) mass is 399 g/mol. The summed E-state index contributed by atoms with van der Waals surface area (Å²) in [6.07, 6.45) is 0. The van der Waals surface area contributed by atoms with E-state index in [1.807, 2.05) is 0 Å². The molecule has 1 saturated carbocycles. The summed E-state index contributed by atoms with van der Waals surface area (Å²) >= 11 is 11.7. The fourth-order valence-corrected chi connectivity index (χ4v) is 6.00. The first-order valence-electron chi connectivity index (χ1n) is 7.43. The van der Waals surface area contributed by atoms with Crippen LogP contribution in [-0.4, -0.2) is 31.3 Å². The molecule has 25 heavy (non-hydrogen) atoms. The van der Waals surface area contributed by atoms with Gasteiger partial charge in [0, 0.05) is 22.5 Å². The molecule has 0 radical (unpaired) electrons. The predicted molar refractivity (Wildman–Crippen MR) is 95.7 cm³/mol. The number of carbonyl (C=O) groups is 1. The Hall–Kier alpha value is -1.60. The van der Waals surface area contributed by atoms with Gasteiger partial charge in [0.2, 0.25) is 0 Å². The fourth-order valence-electron chi connectivity index (χ4n) is 3.36. The summed E-state index contributed by atoms with van der Waals surface area (Å²) in [6.45, 7) is -0.285. The van der Waals surface area contributed by atoms with Gasteiger partial charge in [-0.3, -0.25) is 4.79 Å². The van der Waals surface area contributed by atoms with Crippen molar-refractivity contribution in [2.75, 3.05) is 6.54 Å². The van der Waals surface area contributed by atoms with Crippen molar-refractivity contribution < 1.29 is 18.3 Å². The van der Waals surface area contributed by atoms with Crippen LogP contribution < -0.4 is 5.73 Å². The smallest absolute Gasteiger partial charge is 0.312 e. The second kappa shape index (κ2) is 6.29. The van der Waals surface area contributed by atoms with Gasteiger partial charge >= 0.3 is 5.97 Å². The highest BCUT2D eigenvalue weighted by Gasteiger charge is 2.75. The molecule has 132 valence electrons. The summed E-state index contributed by atoms with van der Waals surface area (Å²) in [5, 5.41) is 9.45. The van der Waals surface area contributed by atoms with E-state index in [0.29, 0.717) is 15.6 Å². The number of nitrogens with two attached hydrogens (primary N) is 1. The Balaban J connectivity index is 2.10. The first kappa shape index (κ1) is 18.2. The van der Waals surface area contributed by atoms with Crippen LogP contribution in [0.3, 0.4) is 0 Å². The van der Waals surface area contributed by atoms with Gasteiger partial charge < -0.3 is 10.8 Å². The van der Waals surface area contributed by atoms with Crippen molar-refractivity contribution in [3.8, 4) is 0 Å². The second-order valence-electron chi connectivity index (χ2n) is 6.00. The lowest BCUT2D eigenvalue weighted by Crippen LogP contribution is -2.31. The third-order valence-electron chi connectivity index (χ3n) is 4.70. The van der Waals surface area contributed by atoms with Crippen LogP contribution in [0.2, 0.25) is 10.0 Å². The van der Waals surface area contributed by atoms with Crippen LogP contribution in [0, 0.1) is 5.41 Å². The van der Waals surface area contributed by atoms with Crippen LogP contribution in [0.5, 0.6) is 0 Å². The lowest BCUT2D eigenvalue weighted by molar-refractivity contribution is -0.143. The van der Waals surface area contributed by atoms with E-state index in [9.17, 15) is 18.3 Å². The third-order valence-corrected chi connectivity index (χ3v) is 7.49. The van der Waals surface area contributed by atoms with Crippen molar-refractivity contribution in [3.05, 3.63) is 64.1 Å². The van der Waals surface area contributed by atoms with Gasteiger partial charge in [0.15, 0.2) is 9.84 Å². The number of hydrogen-bond donors (Lipinski definition) is 2. The van der Waals surface area contributed by atoms with E-state index in [-0.39, 0.29) is 11.4 Å². The quantitative estimate of drug-likeness (QED) is 0.804. The Labute approximate surface area is 155 Å². The average molecular weight is 400 g/mol. The highest BCUT2D eigenvalue weighted by atomic mass is 35.5. The van der Waals surface area contributed by atoms with Crippen LogP contribution in [-0.2, 0) is 14.6 Å². The minimum atomic E-state index is -3.91. The molecule has 3 rings (SSSR count). The number of carboxylic acids is 1. The molecule has 0 aromatic heterocycles. The Morgan fingerprint density at radius 2 is 1.52 bits per heavy atom. The van der Waals surface area contributed by atoms with Crippen molar-refractivity contribution in [1.82, 2.24) is 0 Å². The number of sulfone groups is 1. The summed E-state index contributed by atoms with van der Waals surface area (Å²) < 4.78 is 26.1. The van der Waals surface area contributed by atoms with Crippen LogP contribution in [0.1, 0.15) is 11.5 Å². The number of hydrogen-bond acceptors (Lipinski definition) is 4. The maximum atomic E-state index is 13.0.